The third kappa shape index (κ3) is 4.14. The van der Waals surface area contributed by atoms with Crippen LogP contribution < -0.4 is 5.32 Å². The number of hydrogen-bond donors (Lipinski definition) is 1. The number of benzene rings is 1. The molecule has 6 heteroatoms. The number of nitrogens with one attached hydrogen (secondary N) is 1. The van der Waals surface area contributed by atoms with Crippen LogP contribution in [0.4, 0.5) is 5.95 Å². The Hall–Kier alpha value is -2.44. The third-order valence-corrected chi connectivity index (χ3v) is 6.03. The Morgan fingerprint density at radius 2 is 1.86 bits per heavy atom. The quantitative estimate of drug-likeness (QED) is 0.653. The highest BCUT2D eigenvalue weighted by molar-refractivity contribution is 5.82. The molecule has 2 aromatic heterocycles. The van der Waals surface area contributed by atoms with E-state index in [1.807, 2.05) is 13.0 Å². The van der Waals surface area contributed by atoms with Crippen LogP contribution in [-0.2, 0) is 11.3 Å². The largest absolute Gasteiger partial charge is 0.372 e. The van der Waals surface area contributed by atoms with Gasteiger partial charge in [-0.3, -0.25) is 4.98 Å². The predicted molar refractivity (Wildman–Crippen MR) is 115 cm³/mol. The van der Waals surface area contributed by atoms with Crippen LogP contribution >= 0.6 is 0 Å². The van der Waals surface area contributed by atoms with Crippen molar-refractivity contribution in [2.45, 2.75) is 45.4 Å². The number of hydrogen-bond acceptors (Lipinski definition) is 5. The van der Waals surface area contributed by atoms with Crippen molar-refractivity contribution >= 4 is 17.0 Å². The topological polar surface area (TPSA) is 58.5 Å². The van der Waals surface area contributed by atoms with Gasteiger partial charge in [0.1, 0.15) is 0 Å². The van der Waals surface area contributed by atoms with Gasteiger partial charge in [-0.05, 0) is 50.5 Å². The SMILES string of the molecule is Cc1cccc(Cn2c(NC3CCN(CC4CO4)CC3)nc3c(C)cccc32)n1. The van der Waals surface area contributed by atoms with Crippen LogP contribution in [0.1, 0.15) is 29.8 Å². The number of pyridine rings is 1. The highest BCUT2D eigenvalue weighted by Gasteiger charge is 2.28. The number of aromatic nitrogens is 3. The molecule has 6 nitrogen and oxygen atoms in total. The van der Waals surface area contributed by atoms with Gasteiger partial charge in [0.2, 0.25) is 5.95 Å². The van der Waals surface area contributed by atoms with E-state index in [0.29, 0.717) is 12.1 Å². The first-order chi connectivity index (χ1) is 14.2. The van der Waals surface area contributed by atoms with E-state index >= 15 is 0 Å². The van der Waals surface area contributed by atoms with Gasteiger partial charge >= 0.3 is 0 Å². The number of anilines is 1. The van der Waals surface area contributed by atoms with Crippen molar-refractivity contribution in [2.24, 2.45) is 0 Å². The highest BCUT2D eigenvalue weighted by Crippen LogP contribution is 2.26. The molecule has 2 aliphatic heterocycles. The second kappa shape index (κ2) is 7.76. The van der Waals surface area contributed by atoms with Crippen LogP contribution in [0.25, 0.3) is 11.0 Å². The van der Waals surface area contributed by atoms with E-state index in [1.54, 1.807) is 0 Å². The van der Waals surface area contributed by atoms with Gasteiger partial charge in [-0.2, -0.15) is 0 Å². The van der Waals surface area contributed by atoms with E-state index in [1.165, 1.54) is 11.1 Å². The first kappa shape index (κ1) is 18.6. The van der Waals surface area contributed by atoms with Gasteiger partial charge in [-0.25, -0.2) is 4.98 Å². The lowest BCUT2D eigenvalue weighted by atomic mass is 10.1. The van der Waals surface area contributed by atoms with E-state index < -0.39 is 0 Å². The van der Waals surface area contributed by atoms with Crippen molar-refractivity contribution in [3.05, 3.63) is 53.3 Å². The molecule has 2 fully saturated rings. The van der Waals surface area contributed by atoms with Crippen molar-refractivity contribution in [3.63, 3.8) is 0 Å². The summed E-state index contributed by atoms with van der Waals surface area (Å²) in [5, 5.41) is 3.76. The number of fused-ring (bicyclic) bond motifs is 1. The summed E-state index contributed by atoms with van der Waals surface area (Å²) in [7, 11) is 0. The molecule has 0 aliphatic carbocycles. The number of nitrogens with zero attached hydrogens (tertiary/aromatic N) is 4. The van der Waals surface area contributed by atoms with Crippen molar-refractivity contribution in [3.8, 4) is 0 Å². The summed E-state index contributed by atoms with van der Waals surface area (Å²) >= 11 is 0. The summed E-state index contributed by atoms with van der Waals surface area (Å²) in [5.41, 5.74) is 5.56. The fraction of sp³-hybridized carbons (Fsp3) is 0.478. The molecule has 0 radical (unpaired) electrons. The molecule has 4 heterocycles. The van der Waals surface area contributed by atoms with Crippen molar-refractivity contribution in [2.75, 3.05) is 31.6 Å². The highest BCUT2D eigenvalue weighted by atomic mass is 16.6. The molecule has 1 aromatic carbocycles. The molecule has 1 N–H and O–H groups in total. The standard InChI is InChI=1S/C23H29N5O/c1-16-5-3-8-21-22(16)26-23(28(21)13-19-7-4-6-17(2)24-19)25-18-9-11-27(12-10-18)14-20-15-29-20/h3-8,18,20H,9-15H2,1-2H3,(H,25,26). The number of para-hydroxylation sites is 1. The van der Waals surface area contributed by atoms with Gasteiger partial charge in [0.25, 0.3) is 0 Å². The van der Waals surface area contributed by atoms with Crippen molar-refractivity contribution in [1.29, 1.82) is 0 Å². The maximum absolute atomic E-state index is 5.38. The number of piperidine rings is 1. The second-order valence-electron chi connectivity index (χ2n) is 8.41. The maximum atomic E-state index is 5.38. The molecule has 29 heavy (non-hydrogen) atoms. The van der Waals surface area contributed by atoms with E-state index in [4.69, 9.17) is 14.7 Å². The molecule has 152 valence electrons. The van der Waals surface area contributed by atoms with Crippen LogP contribution in [0.15, 0.2) is 36.4 Å². The Kier molecular flexibility index (Phi) is 4.97. The molecule has 0 amide bonds. The van der Waals surface area contributed by atoms with Crippen LogP contribution in [0.5, 0.6) is 0 Å². The van der Waals surface area contributed by atoms with Crippen molar-refractivity contribution in [1.82, 2.24) is 19.4 Å². The average Bonchev–Trinajstić information content (AvgIpc) is 3.46. The van der Waals surface area contributed by atoms with E-state index in [2.05, 4.69) is 52.0 Å². The number of ether oxygens (including phenoxy) is 1. The maximum Gasteiger partial charge on any atom is 0.204 e. The monoisotopic (exact) mass is 391 g/mol. The first-order valence-electron chi connectivity index (χ1n) is 10.6. The molecule has 2 saturated heterocycles. The van der Waals surface area contributed by atoms with Gasteiger partial charge in [0.15, 0.2) is 0 Å². The Morgan fingerprint density at radius 1 is 1.07 bits per heavy atom. The van der Waals surface area contributed by atoms with E-state index in [-0.39, 0.29) is 0 Å². The summed E-state index contributed by atoms with van der Waals surface area (Å²) in [6.45, 7) is 9.17. The summed E-state index contributed by atoms with van der Waals surface area (Å²) in [6, 6.07) is 13.1. The zero-order valence-corrected chi connectivity index (χ0v) is 17.3. The fourth-order valence-corrected chi connectivity index (χ4v) is 4.31. The smallest absolute Gasteiger partial charge is 0.204 e. The fourth-order valence-electron chi connectivity index (χ4n) is 4.31. The lowest BCUT2D eigenvalue weighted by molar-refractivity contribution is 0.199. The minimum absolute atomic E-state index is 0.452. The first-order valence-corrected chi connectivity index (χ1v) is 10.6. The summed E-state index contributed by atoms with van der Waals surface area (Å²) in [6.07, 6.45) is 2.75. The Bertz CT molecular complexity index is 1000. The number of rotatable bonds is 6. The molecule has 5 rings (SSSR count). The van der Waals surface area contributed by atoms with Gasteiger partial charge in [-0.15, -0.1) is 0 Å². The molecule has 3 aromatic rings. The third-order valence-electron chi connectivity index (χ3n) is 6.03. The zero-order chi connectivity index (χ0) is 19.8. The minimum atomic E-state index is 0.452. The minimum Gasteiger partial charge on any atom is -0.372 e. The van der Waals surface area contributed by atoms with Crippen LogP contribution in [-0.4, -0.2) is 57.8 Å². The Labute approximate surface area is 171 Å². The number of likely N-dealkylation sites (tertiary alicyclic amines) is 1. The molecule has 1 atom stereocenters. The van der Waals surface area contributed by atoms with Crippen molar-refractivity contribution < 1.29 is 4.74 Å². The van der Waals surface area contributed by atoms with Gasteiger partial charge in [0.05, 0.1) is 36.0 Å². The number of imidazole rings is 1. The summed E-state index contributed by atoms with van der Waals surface area (Å²) in [4.78, 5) is 12.2. The predicted octanol–water partition coefficient (Wildman–Crippen LogP) is 3.37. The molecule has 0 spiro atoms. The molecule has 0 bridgehead atoms. The number of epoxide rings is 1. The Morgan fingerprint density at radius 3 is 2.62 bits per heavy atom. The van der Waals surface area contributed by atoms with E-state index in [0.717, 1.165) is 68.5 Å². The lowest BCUT2D eigenvalue weighted by Crippen LogP contribution is -2.41. The van der Waals surface area contributed by atoms with Crippen LogP contribution in [0, 0.1) is 13.8 Å². The second-order valence-corrected chi connectivity index (χ2v) is 8.41. The molecule has 1 unspecified atom stereocenters. The molecular formula is C23H29N5O. The van der Waals surface area contributed by atoms with Crippen LogP contribution in [0.2, 0.25) is 0 Å². The van der Waals surface area contributed by atoms with Gasteiger partial charge in [0, 0.05) is 31.4 Å². The van der Waals surface area contributed by atoms with Gasteiger partial charge < -0.3 is 19.5 Å². The summed E-state index contributed by atoms with van der Waals surface area (Å²) < 4.78 is 7.67. The lowest BCUT2D eigenvalue weighted by Gasteiger charge is -2.32. The zero-order valence-electron chi connectivity index (χ0n) is 17.3. The molecular weight excluding hydrogens is 362 g/mol. The average molecular weight is 392 g/mol. The van der Waals surface area contributed by atoms with Gasteiger partial charge in [-0.1, -0.05) is 18.2 Å². The molecule has 0 saturated carbocycles. The number of aryl methyl sites for hydroxylation is 2. The Balaban J connectivity index is 1.38. The molecule has 2 aliphatic rings. The van der Waals surface area contributed by atoms with E-state index in [9.17, 15) is 0 Å². The van der Waals surface area contributed by atoms with Crippen LogP contribution in [0.3, 0.4) is 0 Å². The normalized spacial score (nSPS) is 20.3. The summed E-state index contributed by atoms with van der Waals surface area (Å²) in [5.74, 6) is 0.960.